The van der Waals surface area contributed by atoms with Gasteiger partial charge >= 0.3 is 5.97 Å². The van der Waals surface area contributed by atoms with Crippen molar-refractivity contribution in [1.29, 1.82) is 0 Å². The first-order valence-corrected chi connectivity index (χ1v) is 10.4. The molecule has 1 aliphatic rings. The van der Waals surface area contributed by atoms with Gasteiger partial charge in [0.25, 0.3) is 5.56 Å². The Labute approximate surface area is 212 Å². The lowest BCUT2D eigenvalue weighted by atomic mass is 9.84. The number of rotatable bonds is 5. The number of ether oxygens (including phenoxy) is 1. The molecule has 1 aliphatic carbocycles. The molecular formula is C26H27N5O3. The van der Waals surface area contributed by atoms with Gasteiger partial charge in [-0.3, -0.25) is 19.9 Å². The van der Waals surface area contributed by atoms with E-state index in [0.29, 0.717) is 5.69 Å². The van der Waals surface area contributed by atoms with Gasteiger partial charge in [0.15, 0.2) is 5.65 Å². The van der Waals surface area contributed by atoms with E-state index in [1.54, 1.807) is 13.8 Å². The quantitative estimate of drug-likeness (QED) is 0.427. The molecular weight excluding hydrogens is 430 g/mol. The van der Waals surface area contributed by atoms with Crippen molar-refractivity contribution in [3.63, 3.8) is 0 Å². The standard InChI is InChI=1S/C26H27N5O3/c1-3-34-26(33)22-24(23-16(2)27-13-14-28-23)30-31-21(32)15-20(29-25(22)31)19-11-9-18(10-12-19)17-7-5-4-6-8-17/h9-15,17,30H,3-8H2,1-2H3/i4D2,5D2,6D2,7D2,8D2,17D. The number of nitrogens with zero attached hydrogens (tertiary/aromatic N) is 4. The second-order valence-corrected chi connectivity index (χ2v) is 7.29. The number of aromatic amines is 1. The molecule has 1 N–H and O–H groups in total. The maximum atomic E-state index is 13.2. The van der Waals surface area contributed by atoms with Crippen LogP contribution in [-0.2, 0) is 4.74 Å². The highest BCUT2D eigenvalue weighted by molar-refractivity contribution is 6.02. The van der Waals surface area contributed by atoms with Crippen LogP contribution in [0.3, 0.4) is 0 Å². The number of esters is 1. The van der Waals surface area contributed by atoms with Crippen molar-refractivity contribution in [3.8, 4) is 22.6 Å². The Morgan fingerprint density at radius 2 is 1.94 bits per heavy atom. The molecule has 1 aromatic carbocycles. The molecule has 3 heterocycles. The topological polar surface area (TPSA) is 102 Å². The molecule has 1 fully saturated rings. The smallest absolute Gasteiger partial charge is 0.344 e. The van der Waals surface area contributed by atoms with Gasteiger partial charge in [0.1, 0.15) is 17.0 Å². The van der Waals surface area contributed by atoms with Gasteiger partial charge in [-0.05, 0) is 38.1 Å². The SMILES string of the molecule is [2H]C1([2H])C([2H])([2H])C([2H])([2H])C([2H])(c2ccc(-c3cc(=O)n4[nH]c(-c5nccnc5C)c(C(=O)OCC)c4n3)cc2)C([2H])([2H])C1([2H])[2H]. The second kappa shape index (κ2) is 9.21. The van der Waals surface area contributed by atoms with Crippen molar-refractivity contribution in [1.82, 2.24) is 24.6 Å². The Hall–Kier alpha value is -3.81. The average molecular weight is 469 g/mol. The molecule has 4 aromatic rings. The Balaban J connectivity index is 1.68. The molecule has 0 spiro atoms. The summed E-state index contributed by atoms with van der Waals surface area (Å²) in [7, 11) is 0. The number of H-pyrrole nitrogens is 1. The van der Waals surface area contributed by atoms with Crippen LogP contribution in [0.25, 0.3) is 28.3 Å². The first-order valence-electron chi connectivity index (χ1n) is 15.9. The molecule has 8 heteroatoms. The Morgan fingerprint density at radius 3 is 2.65 bits per heavy atom. The maximum Gasteiger partial charge on any atom is 0.344 e. The zero-order valence-corrected chi connectivity index (χ0v) is 18.3. The first kappa shape index (κ1) is 12.6. The minimum Gasteiger partial charge on any atom is -0.462 e. The predicted octanol–water partition coefficient (Wildman–Crippen LogP) is 4.68. The van der Waals surface area contributed by atoms with Crippen molar-refractivity contribution in [3.05, 3.63) is 69.9 Å². The van der Waals surface area contributed by atoms with Crippen LogP contribution in [-0.4, -0.2) is 37.1 Å². The third-order valence-corrected chi connectivity index (χ3v) is 5.18. The molecule has 34 heavy (non-hydrogen) atoms. The van der Waals surface area contributed by atoms with Crippen molar-refractivity contribution >= 4 is 11.6 Å². The van der Waals surface area contributed by atoms with E-state index in [2.05, 4.69) is 20.1 Å². The van der Waals surface area contributed by atoms with Gasteiger partial charge in [0.05, 0.1) is 18.0 Å². The van der Waals surface area contributed by atoms with E-state index in [1.165, 1.54) is 24.5 Å². The summed E-state index contributed by atoms with van der Waals surface area (Å²) in [6, 6.07) is 5.80. The Morgan fingerprint density at radius 1 is 1.21 bits per heavy atom. The number of fused-ring (bicyclic) bond motifs is 1. The van der Waals surface area contributed by atoms with E-state index in [-0.39, 0.29) is 40.5 Å². The van der Waals surface area contributed by atoms with Gasteiger partial charge in [-0.2, -0.15) is 0 Å². The fourth-order valence-electron chi connectivity index (χ4n) is 3.61. The molecule has 3 aromatic heterocycles. The fraction of sp³-hybridized carbons (Fsp3) is 0.346. The summed E-state index contributed by atoms with van der Waals surface area (Å²) >= 11 is 0. The lowest BCUT2D eigenvalue weighted by Gasteiger charge is -2.22. The van der Waals surface area contributed by atoms with E-state index in [4.69, 9.17) is 19.8 Å². The summed E-state index contributed by atoms with van der Waals surface area (Å²) in [4.78, 5) is 39.3. The molecule has 174 valence electrons. The van der Waals surface area contributed by atoms with Gasteiger partial charge < -0.3 is 4.74 Å². The minimum absolute atomic E-state index is 0.0215. The third-order valence-electron chi connectivity index (χ3n) is 5.18. The number of hydrogen-bond acceptors (Lipinski definition) is 6. The summed E-state index contributed by atoms with van der Waals surface area (Å²) in [6.45, 7) is 3.29. The number of aryl methyl sites for hydroxylation is 1. The number of aromatic nitrogens is 5. The third kappa shape index (κ3) is 4.00. The monoisotopic (exact) mass is 468 g/mol. The molecule has 0 aliphatic heterocycles. The minimum atomic E-state index is -3.64. The Kier molecular flexibility index (Phi) is 3.41. The molecule has 0 bridgehead atoms. The number of carbonyl (C=O) groups excluding carboxylic acids is 1. The lowest BCUT2D eigenvalue weighted by molar-refractivity contribution is 0.0529. The zero-order valence-electron chi connectivity index (χ0n) is 29.3. The number of carbonyl (C=O) groups is 1. The number of benzene rings is 1. The van der Waals surface area contributed by atoms with E-state index in [1.807, 2.05) is 0 Å². The molecule has 0 saturated heterocycles. The van der Waals surface area contributed by atoms with Gasteiger partial charge in [-0.25, -0.2) is 14.3 Å². The maximum absolute atomic E-state index is 13.2. The van der Waals surface area contributed by atoms with Crippen molar-refractivity contribution in [2.24, 2.45) is 0 Å². The van der Waals surface area contributed by atoms with Crippen LogP contribution in [0, 0.1) is 6.92 Å². The number of hydrogen-bond donors (Lipinski definition) is 1. The van der Waals surface area contributed by atoms with Gasteiger partial charge in [-0.15, -0.1) is 0 Å². The van der Waals surface area contributed by atoms with Crippen LogP contribution in [0.2, 0.25) is 0 Å². The van der Waals surface area contributed by atoms with Crippen molar-refractivity contribution in [2.45, 2.75) is 51.6 Å². The molecule has 8 nitrogen and oxygen atoms in total. The number of nitrogens with one attached hydrogen (secondary N) is 1. The molecule has 5 rings (SSSR count). The molecule has 0 amide bonds. The highest BCUT2D eigenvalue weighted by Crippen LogP contribution is 2.33. The van der Waals surface area contributed by atoms with Gasteiger partial charge in [0, 0.05) is 39.1 Å². The molecule has 0 atom stereocenters. The van der Waals surface area contributed by atoms with Crippen molar-refractivity contribution < 1.29 is 24.6 Å². The van der Waals surface area contributed by atoms with E-state index < -0.39 is 54.9 Å². The first-order chi connectivity index (χ1) is 20.7. The summed E-state index contributed by atoms with van der Waals surface area (Å²) in [5.74, 6) is -4.06. The Bertz CT molecular complexity index is 1860. The van der Waals surface area contributed by atoms with Gasteiger partial charge in [-0.1, -0.05) is 43.4 Å². The highest BCUT2D eigenvalue weighted by atomic mass is 16.5. The van der Waals surface area contributed by atoms with Crippen LogP contribution in [0.15, 0.2) is 47.5 Å². The second-order valence-electron chi connectivity index (χ2n) is 7.29. The normalized spacial score (nSPS) is 27.5. The van der Waals surface area contributed by atoms with Crippen LogP contribution in [0.5, 0.6) is 0 Å². The molecule has 1 saturated carbocycles. The zero-order chi connectivity index (χ0) is 33.5. The molecule has 0 radical (unpaired) electrons. The average Bonchev–Trinajstić information content (AvgIpc) is 3.36. The van der Waals surface area contributed by atoms with Crippen molar-refractivity contribution in [2.75, 3.05) is 6.61 Å². The van der Waals surface area contributed by atoms with E-state index >= 15 is 0 Å². The summed E-state index contributed by atoms with van der Waals surface area (Å²) in [6.07, 6.45) is -15.2. The van der Waals surface area contributed by atoms with Crippen LogP contribution in [0.1, 0.15) is 81.4 Å². The largest absolute Gasteiger partial charge is 0.462 e. The molecule has 0 unspecified atom stereocenters. The van der Waals surface area contributed by atoms with Crippen LogP contribution < -0.4 is 5.56 Å². The predicted molar refractivity (Wildman–Crippen MR) is 129 cm³/mol. The van der Waals surface area contributed by atoms with E-state index in [9.17, 15) is 9.59 Å². The van der Waals surface area contributed by atoms with Crippen LogP contribution >= 0.6 is 0 Å². The highest BCUT2D eigenvalue weighted by Gasteiger charge is 2.26. The van der Waals surface area contributed by atoms with Crippen LogP contribution in [0.4, 0.5) is 0 Å². The fourth-order valence-corrected chi connectivity index (χ4v) is 3.61. The lowest BCUT2D eigenvalue weighted by Crippen LogP contribution is -2.15. The summed E-state index contributed by atoms with van der Waals surface area (Å²) in [5.41, 5.74) is -0.233. The van der Waals surface area contributed by atoms with E-state index in [0.717, 1.165) is 22.7 Å². The summed E-state index contributed by atoms with van der Waals surface area (Å²) < 4.78 is 98.0. The summed E-state index contributed by atoms with van der Waals surface area (Å²) in [5, 5.41) is 2.83. The van der Waals surface area contributed by atoms with Gasteiger partial charge in [0.2, 0.25) is 0 Å².